The Bertz CT molecular complexity index is 3270. The van der Waals surface area contributed by atoms with Crippen LogP contribution in [0.4, 0.5) is 17.1 Å². The maximum absolute atomic E-state index is 6.41. The van der Waals surface area contributed by atoms with Gasteiger partial charge in [0, 0.05) is 49.9 Å². The number of methoxy groups -OCH3 is 1. The van der Waals surface area contributed by atoms with Crippen LogP contribution in [0.5, 0.6) is 5.75 Å². The van der Waals surface area contributed by atoms with Crippen LogP contribution in [0.25, 0.3) is 82.8 Å². The summed E-state index contributed by atoms with van der Waals surface area (Å²) in [6.07, 6.45) is 0. The van der Waals surface area contributed by atoms with Gasteiger partial charge in [0.15, 0.2) is 0 Å². The number of anilines is 3. The first-order chi connectivity index (χ1) is 29.2. The van der Waals surface area contributed by atoms with Crippen molar-refractivity contribution in [3.05, 3.63) is 212 Å². The Morgan fingerprint density at radius 3 is 1.64 bits per heavy atom. The van der Waals surface area contributed by atoms with Crippen molar-refractivity contribution in [2.75, 3.05) is 12.0 Å². The van der Waals surface area contributed by atoms with Gasteiger partial charge < -0.3 is 18.6 Å². The molecule has 0 aliphatic rings. The molecule has 2 heterocycles. The van der Waals surface area contributed by atoms with Crippen molar-refractivity contribution < 1.29 is 9.15 Å². The Labute approximate surface area is 342 Å². The summed E-state index contributed by atoms with van der Waals surface area (Å²) in [5, 5.41) is 4.71. The molecule has 2 aromatic heterocycles. The fourth-order valence-electron chi connectivity index (χ4n) is 8.61. The summed E-state index contributed by atoms with van der Waals surface area (Å²) in [6.45, 7) is 0. The smallest absolute Gasteiger partial charge is 0.143 e. The minimum absolute atomic E-state index is 0.844. The van der Waals surface area contributed by atoms with Crippen LogP contribution in [0.15, 0.2) is 217 Å². The van der Waals surface area contributed by atoms with E-state index in [0.717, 1.165) is 67.1 Å². The molecule has 0 radical (unpaired) electrons. The molecule has 0 unspecified atom stereocenters. The lowest BCUT2D eigenvalue weighted by Gasteiger charge is -2.26. The average molecular weight is 759 g/mol. The van der Waals surface area contributed by atoms with Crippen molar-refractivity contribution in [2.24, 2.45) is 0 Å². The van der Waals surface area contributed by atoms with Gasteiger partial charge in [-0.25, -0.2) is 0 Å². The molecule has 11 rings (SSSR count). The number of hydrogen-bond donors (Lipinski definition) is 0. The van der Waals surface area contributed by atoms with E-state index in [9.17, 15) is 0 Å². The van der Waals surface area contributed by atoms with Gasteiger partial charge in [-0.2, -0.15) is 0 Å². The summed E-state index contributed by atoms with van der Waals surface area (Å²) in [7, 11) is 1.70. The second-order valence-electron chi connectivity index (χ2n) is 14.9. The third kappa shape index (κ3) is 6.01. The van der Waals surface area contributed by atoms with Gasteiger partial charge in [0.1, 0.15) is 16.9 Å². The summed E-state index contributed by atoms with van der Waals surface area (Å²) in [5.41, 5.74) is 15.4. The zero-order valence-corrected chi connectivity index (χ0v) is 32.4. The van der Waals surface area contributed by atoms with Crippen LogP contribution in [-0.4, -0.2) is 11.7 Å². The summed E-state index contributed by atoms with van der Waals surface area (Å²) in [4.78, 5) is 2.33. The molecule has 9 aromatic carbocycles. The number of furan rings is 1. The minimum atomic E-state index is 0.844. The SMILES string of the molecule is COc1ccc(-n2c3ccccc3c3cc(-c4ccc(N(c5ccc(-c6ccccc6)cc5)c5ccc(-c6cccc7c6oc6ccccc67)cc5)cc4)ccc32)cc1. The van der Waals surface area contributed by atoms with Gasteiger partial charge in [0.25, 0.3) is 0 Å². The number of ether oxygens (including phenoxy) is 1. The molecule has 0 aliphatic heterocycles. The van der Waals surface area contributed by atoms with Gasteiger partial charge >= 0.3 is 0 Å². The standard InChI is InChI=1S/C55H38N2O2/c1-58-46-33-31-45(32-34-46)57-52-16-7-5-12-48(52)51-36-41(24-35-53(51)57)39-20-27-43(28-21-39)56(42-25-18-38(19-26-42)37-10-3-2-4-11-37)44-29-22-40(23-30-44)47-14-9-15-50-49-13-6-8-17-54(49)59-55(47)50/h2-36H,1H3. The molecule has 0 aliphatic carbocycles. The van der Waals surface area contributed by atoms with Gasteiger partial charge in [-0.3, -0.25) is 0 Å². The molecule has 59 heavy (non-hydrogen) atoms. The fraction of sp³-hybridized carbons (Fsp3) is 0.0182. The first-order valence-corrected chi connectivity index (χ1v) is 19.9. The highest BCUT2D eigenvalue weighted by molar-refractivity contribution is 6.11. The van der Waals surface area contributed by atoms with Gasteiger partial charge in [-0.15, -0.1) is 0 Å². The van der Waals surface area contributed by atoms with Crippen LogP contribution in [0.2, 0.25) is 0 Å². The first kappa shape index (κ1) is 34.4. The molecule has 0 saturated heterocycles. The van der Waals surface area contributed by atoms with Crippen LogP contribution < -0.4 is 9.64 Å². The monoisotopic (exact) mass is 758 g/mol. The molecule has 0 fully saturated rings. The molecule has 0 bridgehead atoms. The normalized spacial score (nSPS) is 11.5. The van der Waals surface area contributed by atoms with E-state index in [-0.39, 0.29) is 0 Å². The van der Waals surface area contributed by atoms with E-state index in [1.54, 1.807) is 7.11 Å². The highest BCUT2D eigenvalue weighted by atomic mass is 16.5. The van der Waals surface area contributed by atoms with Crippen molar-refractivity contribution in [3.8, 4) is 44.8 Å². The molecular weight excluding hydrogens is 721 g/mol. The number of benzene rings is 9. The van der Waals surface area contributed by atoms with Crippen LogP contribution >= 0.6 is 0 Å². The molecule has 0 N–H and O–H groups in total. The van der Waals surface area contributed by atoms with E-state index in [4.69, 9.17) is 9.15 Å². The molecular formula is C55H38N2O2. The quantitative estimate of drug-likeness (QED) is 0.155. The predicted molar refractivity (Wildman–Crippen MR) is 246 cm³/mol. The third-order valence-electron chi connectivity index (χ3n) is 11.5. The summed E-state index contributed by atoms with van der Waals surface area (Å²) >= 11 is 0. The second kappa shape index (κ2) is 14.3. The van der Waals surface area contributed by atoms with Crippen molar-refractivity contribution in [1.82, 2.24) is 4.57 Å². The Morgan fingerprint density at radius 2 is 0.949 bits per heavy atom. The van der Waals surface area contributed by atoms with Crippen molar-refractivity contribution in [2.45, 2.75) is 0 Å². The number of fused-ring (bicyclic) bond motifs is 6. The molecule has 280 valence electrons. The molecule has 0 saturated carbocycles. The maximum atomic E-state index is 6.41. The zero-order valence-electron chi connectivity index (χ0n) is 32.4. The Hall–Kier alpha value is -7.82. The average Bonchev–Trinajstić information content (AvgIpc) is 3.86. The molecule has 0 amide bonds. The van der Waals surface area contributed by atoms with Crippen molar-refractivity contribution in [3.63, 3.8) is 0 Å². The summed E-state index contributed by atoms with van der Waals surface area (Å²) in [6, 6.07) is 75.5. The van der Waals surface area contributed by atoms with Gasteiger partial charge in [0.2, 0.25) is 0 Å². The first-order valence-electron chi connectivity index (χ1n) is 19.9. The van der Waals surface area contributed by atoms with E-state index < -0.39 is 0 Å². The second-order valence-corrected chi connectivity index (χ2v) is 14.9. The van der Waals surface area contributed by atoms with Crippen molar-refractivity contribution >= 4 is 60.8 Å². The van der Waals surface area contributed by atoms with E-state index in [0.29, 0.717) is 0 Å². The number of aromatic nitrogens is 1. The summed E-state index contributed by atoms with van der Waals surface area (Å²) in [5.74, 6) is 0.844. The fourth-order valence-corrected chi connectivity index (χ4v) is 8.61. The maximum Gasteiger partial charge on any atom is 0.143 e. The summed E-state index contributed by atoms with van der Waals surface area (Å²) < 4.78 is 14.2. The van der Waals surface area contributed by atoms with Crippen molar-refractivity contribution in [1.29, 1.82) is 0 Å². The Morgan fingerprint density at radius 1 is 0.407 bits per heavy atom. The molecule has 0 atom stereocenters. The van der Waals surface area contributed by atoms with E-state index in [2.05, 4.69) is 198 Å². The molecule has 0 spiro atoms. The van der Waals surface area contributed by atoms with Crippen LogP contribution in [0.1, 0.15) is 0 Å². The minimum Gasteiger partial charge on any atom is -0.497 e. The lowest BCUT2D eigenvalue weighted by molar-refractivity contribution is 0.415. The third-order valence-corrected chi connectivity index (χ3v) is 11.5. The zero-order chi connectivity index (χ0) is 39.3. The Balaban J connectivity index is 0.974. The van der Waals surface area contributed by atoms with Gasteiger partial charge in [-0.05, 0) is 113 Å². The Kier molecular flexibility index (Phi) is 8.34. The van der Waals surface area contributed by atoms with Gasteiger partial charge in [0.05, 0.1) is 18.1 Å². The van der Waals surface area contributed by atoms with Crippen LogP contribution in [0.3, 0.4) is 0 Å². The highest BCUT2D eigenvalue weighted by Crippen LogP contribution is 2.41. The van der Waals surface area contributed by atoms with E-state index in [1.807, 2.05) is 24.3 Å². The number of hydrogen-bond acceptors (Lipinski definition) is 3. The van der Waals surface area contributed by atoms with Gasteiger partial charge in [-0.1, -0.05) is 127 Å². The largest absolute Gasteiger partial charge is 0.497 e. The topological polar surface area (TPSA) is 30.5 Å². The molecule has 4 nitrogen and oxygen atoms in total. The molecule has 4 heteroatoms. The molecule has 11 aromatic rings. The number of rotatable bonds is 8. The predicted octanol–water partition coefficient (Wildman–Crippen LogP) is 15.2. The lowest BCUT2D eigenvalue weighted by Crippen LogP contribution is -2.09. The van der Waals surface area contributed by atoms with E-state index >= 15 is 0 Å². The van der Waals surface area contributed by atoms with Crippen LogP contribution in [0, 0.1) is 0 Å². The number of para-hydroxylation sites is 3. The number of nitrogens with zero attached hydrogens (tertiary/aromatic N) is 2. The highest BCUT2D eigenvalue weighted by Gasteiger charge is 2.17. The van der Waals surface area contributed by atoms with Crippen LogP contribution in [-0.2, 0) is 0 Å². The van der Waals surface area contributed by atoms with E-state index in [1.165, 1.54) is 38.5 Å². The lowest BCUT2D eigenvalue weighted by atomic mass is 10.0.